The van der Waals surface area contributed by atoms with Crippen molar-refractivity contribution >= 4 is 0 Å². The highest BCUT2D eigenvalue weighted by Gasteiger charge is 2.11. The molecule has 1 rings (SSSR count). The van der Waals surface area contributed by atoms with E-state index >= 15 is 0 Å². The van der Waals surface area contributed by atoms with Gasteiger partial charge in [0.1, 0.15) is 12.4 Å². The Kier molecular flexibility index (Phi) is 7.74. The lowest BCUT2D eigenvalue weighted by Gasteiger charge is -2.06. The number of hydrogen-bond acceptors (Lipinski definition) is 1. The fourth-order valence-corrected chi connectivity index (χ4v) is 2.26. The zero-order chi connectivity index (χ0) is 13.2. The zero-order valence-corrected chi connectivity index (χ0v) is 12.0. The summed E-state index contributed by atoms with van der Waals surface area (Å²) < 4.78 is 3.83. The first-order chi connectivity index (χ1) is 8.74. The average Bonchev–Trinajstić information content (AvgIpc) is 2.79. The number of imidazole rings is 1. The van der Waals surface area contributed by atoms with Crippen LogP contribution in [0.15, 0.2) is 18.7 Å². The second-order valence-corrected chi connectivity index (χ2v) is 5.27. The summed E-state index contributed by atoms with van der Waals surface area (Å²) in [6.45, 7) is 2.25. The maximum absolute atomic E-state index is 9.96. The van der Waals surface area contributed by atoms with Crippen LogP contribution in [0.25, 0.3) is 0 Å². The first-order valence-electron chi connectivity index (χ1n) is 7.45. The molecule has 1 unspecified atom stereocenters. The van der Waals surface area contributed by atoms with Gasteiger partial charge in [0.15, 0.2) is 6.23 Å². The lowest BCUT2D eigenvalue weighted by molar-refractivity contribution is -0.760. The molecule has 0 saturated carbocycles. The van der Waals surface area contributed by atoms with Crippen molar-refractivity contribution in [3.63, 3.8) is 0 Å². The molecule has 1 heterocycles. The van der Waals surface area contributed by atoms with Gasteiger partial charge in [0.2, 0.25) is 6.33 Å². The zero-order valence-electron chi connectivity index (χ0n) is 12.0. The Morgan fingerprint density at radius 3 is 2.22 bits per heavy atom. The fourth-order valence-electron chi connectivity index (χ4n) is 2.26. The minimum absolute atomic E-state index is 0.355. The van der Waals surface area contributed by atoms with Crippen LogP contribution >= 0.6 is 0 Å². The SMILES string of the molecule is CCCCCCCCCCC(O)[n+]1ccn(C)c1. The van der Waals surface area contributed by atoms with Crippen molar-refractivity contribution in [3.05, 3.63) is 18.7 Å². The van der Waals surface area contributed by atoms with Crippen LogP contribution in [0.3, 0.4) is 0 Å². The van der Waals surface area contributed by atoms with Crippen molar-refractivity contribution in [1.29, 1.82) is 0 Å². The molecule has 0 aliphatic heterocycles. The molecule has 1 atom stereocenters. The number of nitrogens with zero attached hydrogens (tertiary/aromatic N) is 2. The summed E-state index contributed by atoms with van der Waals surface area (Å²) in [5.74, 6) is 0. The van der Waals surface area contributed by atoms with Crippen molar-refractivity contribution in [2.24, 2.45) is 7.05 Å². The number of hydrogen-bond donors (Lipinski definition) is 1. The molecule has 3 nitrogen and oxygen atoms in total. The predicted molar refractivity (Wildman–Crippen MR) is 74.1 cm³/mol. The average molecular weight is 253 g/mol. The monoisotopic (exact) mass is 253 g/mol. The molecule has 0 saturated heterocycles. The van der Waals surface area contributed by atoms with E-state index in [1.54, 1.807) is 0 Å². The Morgan fingerprint density at radius 2 is 1.67 bits per heavy atom. The summed E-state index contributed by atoms with van der Waals surface area (Å²) in [7, 11) is 1.97. The van der Waals surface area contributed by atoms with E-state index in [1.165, 1.54) is 44.9 Å². The Labute approximate surface area is 111 Å². The molecule has 3 heteroatoms. The van der Waals surface area contributed by atoms with Gasteiger partial charge in [0, 0.05) is 6.42 Å². The highest BCUT2D eigenvalue weighted by atomic mass is 16.3. The Balaban J connectivity index is 1.97. The smallest absolute Gasteiger partial charge is 0.245 e. The first kappa shape index (κ1) is 15.2. The maximum atomic E-state index is 9.96. The van der Waals surface area contributed by atoms with E-state index in [4.69, 9.17) is 0 Å². The van der Waals surface area contributed by atoms with Crippen molar-refractivity contribution in [3.8, 4) is 0 Å². The van der Waals surface area contributed by atoms with Crippen LogP contribution in [0.2, 0.25) is 0 Å². The summed E-state index contributed by atoms with van der Waals surface area (Å²) in [5.41, 5.74) is 0. The number of rotatable bonds is 10. The Bertz CT molecular complexity index is 309. The molecule has 1 N–H and O–H groups in total. The van der Waals surface area contributed by atoms with Crippen LogP contribution in [-0.2, 0) is 7.05 Å². The second kappa shape index (κ2) is 9.15. The molecule has 0 aliphatic carbocycles. The largest absolute Gasteiger partial charge is 0.355 e. The highest BCUT2D eigenvalue weighted by molar-refractivity contribution is 4.62. The molecule has 1 aromatic heterocycles. The third-order valence-electron chi connectivity index (χ3n) is 3.45. The summed E-state index contributed by atoms with van der Waals surface area (Å²) in [6.07, 6.45) is 16.8. The molecule has 0 aliphatic rings. The minimum atomic E-state index is -0.355. The van der Waals surface area contributed by atoms with Crippen LogP contribution in [0, 0.1) is 0 Å². The van der Waals surface area contributed by atoms with Gasteiger partial charge in [-0.15, -0.1) is 0 Å². The normalized spacial score (nSPS) is 12.8. The number of unbranched alkanes of at least 4 members (excludes halogenated alkanes) is 7. The van der Waals surface area contributed by atoms with E-state index in [2.05, 4.69) is 6.92 Å². The van der Waals surface area contributed by atoms with Gasteiger partial charge < -0.3 is 5.11 Å². The maximum Gasteiger partial charge on any atom is 0.245 e. The topological polar surface area (TPSA) is 29.0 Å². The molecule has 0 fully saturated rings. The molecule has 0 radical (unpaired) electrons. The predicted octanol–water partition coefficient (Wildman–Crippen LogP) is 3.33. The third-order valence-corrected chi connectivity index (χ3v) is 3.45. The van der Waals surface area contributed by atoms with Gasteiger partial charge >= 0.3 is 0 Å². The van der Waals surface area contributed by atoms with Gasteiger partial charge in [-0.2, -0.15) is 0 Å². The van der Waals surface area contributed by atoms with Gasteiger partial charge in [0.05, 0.1) is 7.05 Å². The number of aliphatic hydroxyl groups is 1. The highest BCUT2D eigenvalue weighted by Crippen LogP contribution is 2.11. The molecular formula is C15H29N2O+. The van der Waals surface area contributed by atoms with Crippen molar-refractivity contribution in [2.45, 2.75) is 70.9 Å². The van der Waals surface area contributed by atoms with E-state index in [1.807, 2.05) is 34.9 Å². The minimum Gasteiger partial charge on any atom is -0.355 e. The number of aliphatic hydroxyl groups excluding tert-OH is 1. The molecule has 18 heavy (non-hydrogen) atoms. The number of aromatic nitrogens is 2. The van der Waals surface area contributed by atoms with E-state index in [9.17, 15) is 5.11 Å². The molecule has 104 valence electrons. The molecule has 0 amide bonds. The summed E-state index contributed by atoms with van der Waals surface area (Å²) in [6, 6.07) is 0. The summed E-state index contributed by atoms with van der Waals surface area (Å²) in [5, 5.41) is 9.96. The molecular weight excluding hydrogens is 224 g/mol. The van der Waals surface area contributed by atoms with Crippen molar-refractivity contribution in [2.75, 3.05) is 0 Å². The van der Waals surface area contributed by atoms with Gasteiger partial charge in [-0.05, 0) is 6.42 Å². The standard InChI is InChI=1S/C15H29N2O/c1-3-4-5-6-7-8-9-10-11-15(18)17-13-12-16(2)14-17/h12-15,18H,3-11H2,1-2H3/q+1. The van der Waals surface area contributed by atoms with Crippen LogP contribution in [0.1, 0.15) is 70.9 Å². The van der Waals surface area contributed by atoms with Crippen molar-refractivity contribution in [1.82, 2.24) is 4.57 Å². The Morgan fingerprint density at radius 1 is 1.06 bits per heavy atom. The summed E-state index contributed by atoms with van der Waals surface area (Å²) in [4.78, 5) is 0. The number of aryl methyl sites for hydroxylation is 1. The van der Waals surface area contributed by atoms with Gasteiger partial charge in [0.25, 0.3) is 0 Å². The van der Waals surface area contributed by atoms with Crippen LogP contribution in [0.4, 0.5) is 0 Å². The van der Waals surface area contributed by atoms with Crippen molar-refractivity contribution < 1.29 is 9.67 Å². The van der Waals surface area contributed by atoms with Gasteiger partial charge in [-0.25, -0.2) is 9.13 Å². The van der Waals surface area contributed by atoms with Crippen LogP contribution in [0.5, 0.6) is 0 Å². The van der Waals surface area contributed by atoms with E-state index in [0.29, 0.717) is 0 Å². The lowest BCUT2D eigenvalue weighted by atomic mass is 10.1. The quantitative estimate of drug-likeness (QED) is 0.503. The van der Waals surface area contributed by atoms with E-state index in [-0.39, 0.29) is 6.23 Å². The Hall–Kier alpha value is -0.830. The second-order valence-electron chi connectivity index (χ2n) is 5.27. The molecule has 0 bridgehead atoms. The molecule has 0 spiro atoms. The van der Waals surface area contributed by atoms with Gasteiger partial charge in [-0.1, -0.05) is 51.9 Å². The van der Waals surface area contributed by atoms with E-state index < -0.39 is 0 Å². The van der Waals surface area contributed by atoms with Gasteiger partial charge in [-0.3, -0.25) is 0 Å². The lowest BCUT2D eigenvalue weighted by Crippen LogP contribution is -2.37. The van der Waals surface area contributed by atoms with E-state index in [0.717, 1.165) is 12.8 Å². The first-order valence-corrected chi connectivity index (χ1v) is 7.45. The fraction of sp³-hybridized carbons (Fsp3) is 0.800. The van der Waals surface area contributed by atoms with Crippen LogP contribution < -0.4 is 4.57 Å². The third kappa shape index (κ3) is 6.20. The van der Waals surface area contributed by atoms with Crippen LogP contribution in [-0.4, -0.2) is 9.67 Å². The summed E-state index contributed by atoms with van der Waals surface area (Å²) >= 11 is 0. The molecule has 1 aromatic rings. The molecule has 0 aromatic carbocycles.